The lowest BCUT2D eigenvalue weighted by atomic mass is 10.1. The van der Waals surface area contributed by atoms with Gasteiger partial charge in [0.1, 0.15) is 11.7 Å². The van der Waals surface area contributed by atoms with Crippen LogP contribution in [0.5, 0.6) is 0 Å². The lowest BCUT2D eigenvalue weighted by Gasteiger charge is -2.03. The third kappa shape index (κ3) is 1.45. The van der Waals surface area contributed by atoms with Crippen LogP contribution in [0.4, 0.5) is 4.79 Å². The maximum absolute atomic E-state index is 11.2. The Morgan fingerprint density at radius 1 is 1.00 bits per heavy atom. The van der Waals surface area contributed by atoms with E-state index < -0.39 is 0 Å². The van der Waals surface area contributed by atoms with E-state index in [1.807, 2.05) is 24.3 Å². The summed E-state index contributed by atoms with van der Waals surface area (Å²) in [6.45, 7) is 0. The van der Waals surface area contributed by atoms with E-state index in [-0.39, 0.29) is 11.1 Å². The Labute approximate surface area is 101 Å². The first-order valence-corrected chi connectivity index (χ1v) is 5.76. The molecule has 4 N–H and O–H groups in total. The molecule has 2 aliphatic heterocycles. The van der Waals surface area contributed by atoms with Gasteiger partial charge in [-0.2, -0.15) is 0 Å². The number of hydrogen-bond donors (Lipinski definition) is 4. The lowest BCUT2D eigenvalue weighted by Crippen LogP contribution is -2.19. The third-order valence-corrected chi connectivity index (χ3v) is 3.49. The molecule has 1 amide bonds. The van der Waals surface area contributed by atoms with Gasteiger partial charge in [0.05, 0.1) is 10.6 Å². The number of nitrogens with one attached hydrogen (secondary N) is 4. The monoisotopic (exact) mass is 244 g/mol. The van der Waals surface area contributed by atoms with Crippen molar-refractivity contribution in [3.05, 3.63) is 40.3 Å². The van der Waals surface area contributed by atoms with Gasteiger partial charge in [0.25, 0.3) is 5.24 Å². The Hall–Kier alpha value is -2.08. The molecule has 84 valence electrons. The molecular formula is C11H8N4OS. The molecule has 1 aromatic rings. The smallest absolute Gasteiger partial charge is 0.289 e. The first-order valence-electron chi connectivity index (χ1n) is 4.94. The van der Waals surface area contributed by atoms with Crippen LogP contribution in [0.1, 0.15) is 11.1 Å². The molecule has 5 nitrogen and oxygen atoms in total. The summed E-state index contributed by atoms with van der Waals surface area (Å²) in [4.78, 5) is 11.8. The summed E-state index contributed by atoms with van der Waals surface area (Å²) in [5.41, 5.74) is 2.32. The van der Waals surface area contributed by atoms with E-state index in [9.17, 15) is 4.79 Å². The Morgan fingerprint density at radius 3 is 2.35 bits per heavy atom. The van der Waals surface area contributed by atoms with Gasteiger partial charge in [0, 0.05) is 11.1 Å². The molecule has 0 aliphatic carbocycles. The van der Waals surface area contributed by atoms with Crippen molar-refractivity contribution in [2.24, 2.45) is 0 Å². The molecule has 0 radical (unpaired) electrons. The van der Waals surface area contributed by atoms with Gasteiger partial charge in [-0.1, -0.05) is 24.3 Å². The van der Waals surface area contributed by atoms with Crippen LogP contribution in [0.2, 0.25) is 0 Å². The molecule has 17 heavy (non-hydrogen) atoms. The number of amides is 1. The van der Waals surface area contributed by atoms with Crippen LogP contribution in [-0.2, 0) is 0 Å². The van der Waals surface area contributed by atoms with Gasteiger partial charge in [0.2, 0.25) is 0 Å². The minimum Gasteiger partial charge on any atom is -0.339 e. The topological polar surface area (TPSA) is 88.8 Å². The average molecular weight is 244 g/mol. The Balaban J connectivity index is 2.19. The molecule has 6 heteroatoms. The maximum Gasteiger partial charge on any atom is 0.289 e. The van der Waals surface area contributed by atoms with E-state index in [1.54, 1.807) is 0 Å². The first-order chi connectivity index (χ1) is 8.16. The van der Waals surface area contributed by atoms with Gasteiger partial charge >= 0.3 is 0 Å². The summed E-state index contributed by atoms with van der Waals surface area (Å²) in [7, 11) is 0. The molecular weight excluding hydrogens is 236 g/mol. The molecule has 1 aromatic carbocycles. The van der Waals surface area contributed by atoms with Crippen molar-refractivity contribution in [3.63, 3.8) is 0 Å². The normalized spacial score (nSPS) is 22.5. The first kappa shape index (κ1) is 10.1. The van der Waals surface area contributed by atoms with Crippen LogP contribution in [0, 0.1) is 10.8 Å². The Kier molecular flexibility index (Phi) is 2.05. The van der Waals surface area contributed by atoms with Crippen molar-refractivity contribution in [1.82, 2.24) is 10.6 Å². The number of hydrogen-bond acceptors (Lipinski definition) is 4. The minimum atomic E-state index is -0.254. The van der Waals surface area contributed by atoms with Gasteiger partial charge in [-0.15, -0.1) is 0 Å². The molecule has 2 heterocycles. The fourth-order valence-electron chi connectivity index (χ4n) is 1.86. The molecule has 1 saturated heterocycles. The highest BCUT2D eigenvalue weighted by Gasteiger charge is 2.31. The van der Waals surface area contributed by atoms with E-state index in [0.717, 1.165) is 22.9 Å². The van der Waals surface area contributed by atoms with E-state index in [0.29, 0.717) is 16.4 Å². The van der Waals surface area contributed by atoms with E-state index in [2.05, 4.69) is 10.6 Å². The van der Waals surface area contributed by atoms with Crippen LogP contribution >= 0.6 is 11.8 Å². The Morgan fingerprint density at radius 2 is 1.71 bits per heavy atom. The second kappa shape index (κ2) is 3.46. The number of benzene rings is 1. The summed E-state index contributed by atoms with van der Waals surface area (Å²) in [5, 5.41) is 20.6. The molecule has 0 atom stereocenters. The molecule has 2 aliphatic rings. The molecule has 0 unspecified atom stereocenters. The van der Waals surface area contributed by atoms with E-state index >= 15 is 0 Å². The SMILES string of the molecule is N=C1NC(=O)S/C1=C1/NC(=N)c2ccccc21. The van der Waals surface area contributed by atoms with Crippen molar-refractivity contribution in [3.8, 4) is 0 Å². The number of rotatable bonds is 0. The van der Waals surface area contributed by atoms with Crippen molar-refractivity contribution >= 4 is 34.4 Å². The molecule has 0 saturated carbocycles. The summed E-state index contributed by atoms with van der Waals surface area (Å²) in [5.74, 6) is 0.392. The van der Waals surface area contributed by atoms with Crippen LogP contribution in [0.25, 0.3) is 5.70 Å². The van der Waals surface area contributed by atoms with Gasteiger partial charge in [-0.25, -0.2) is 0 Å². The van der Waals surface area contributed by atoms with Crippen molar-refractivity contribution in [2.75, 3.05) is 0 Å². The zero-order valence-electron chi connectivity index (χ0n) is 8.63. The average Bonchev–Trinajstić information content (AvgIpc) is 2.80. The fourth-order valence-corrected chi connectivity index (χ4v) is 2.62. The summed E-state index contributed by atoms with van der Waals surface area (Å²) >= 11 is 0.982. The lowest BCUT2D eigenvalue weighted by molar-refractivity contribution is 0.265. The Bertz CT molecular complexity index is 605. The standard InChI is InChI=1S/C11H8N4OS/c12-9-6-4-2-1-3-5(6)7(14-9)8-10(13)15-11(16)17-8/h1-4H,(H2,12,14)(H2,13,15,16)/b8-7+. The highest BCUT2D eigenvalue weighted by Crippen LogP contribution is 2.34. The second-order valence-electron chi connectivity index (χ2n) is 3.64. The van der Waals surface area contributed by atoms with Gasteiger partial charge in [-0.3, -0.25) is 15.6 Å². The van der Waals surface area contributed by atoms with E-state index in [1.165, 1.54) is 0 Å². The zero-order chi connectivity index (χ0) is 12.0. The highest BCUT2D eigenvalue weighted by atomic mass is 32.2. The number of fused-ring (bicyclic) bond motifs is 1. The second-order valence-corrected chi connectivity index (χ2v) is 4.62. The summed E-state index contributed by atoms with van der Waals surface area (Å²) < 4.78 is 0. The third-order valence-electron chi connectivity index (χ3n) is 2.59. The molecule has 0 aromatic heterocycles. The van der Waals surface area contributed by atoms with Crippen LogP contribution in [0.15, 0.2) is 29.2 Å². The summed E-state index contributed by atoms with van der Waals surface area (Å²) in [6.07, 6.45) is 0. The van der Waals surface area contributed by atoms with Crippen LogP contribution < -0.4 is 10.6 Å². The van der Waals surface area contributed by atoms with Crippen molar-refractivity contribution in [1.29, 1.82) is 10.8 Å². The van der Waals surface area contributed by atoms with Gasteiger partial charge in [0.15, 0.2) is 0 Å². The van der Waals surface area contributed by atoms with Gasteiger partial charge < -0.3 is 10.6 Å². The molecule has 0 bridgehead atoms. The van der Waals surface area contributed by atoms with Gasteiger partial charge in [-0.05, 0) is 11.8 Å². The number of carbonyl (C=O) groups excluding carboxylic acids is 1. The van der Waals surface area contributed by atoms with Crippen LogP contribution in [-0.4, -0.2) is 16.9 Å². The maximum atomic E-state index is 11.2. The zero-order valence-corrected chi connectivity index (χ0v) is 9.44. The highest BCUT2D eigenvalue weighted by molar-refractivity contribution is 8.18. The molecule has 0 spiro atoms. The van der Waals surface area contributed by atoms with E-state index in [4.69, 9.17) is 10.8 Å². The number of thioether (sulfide) groups is 1. The summed E-state index contributed by atoms with van der Waals surface area (Å²) in [6, 6.07) is 7.46. The number of carbonyl (C=O) groups is 1. The minimum absolute atomic E-state index is 0.0898. The quantitative estimate of drug-likeness (QED) is 0.560. The fraction of sp³-hybridized carbons (Fsp3) is 0. The molecule has 1 fully saturated rings. The molecule has 3 rings (SSSR count). The van der Waals surface area contributed by atoms with Crippen molar-refractivity contribution < 1.29 is 4.79 Å². The number of amidine groups is 2. The van der Waals surface area contributed by atoms with Crippen molar-refractivity contribution in [2.45, 2.75) is 0 Å². The predicted octanol–water partition coefficient (Wildman–Crippen LogP) is 1.72. The largest absolute Gasteiger partial charge is 0.339 e. The van der Waals surface area contributed by atoms with Crippen LogP contribution in [0.3, 0.4) is 0 Å². The predicted molar refractivity (Wildman–Crippen MR) is 67.2 cm³/mol.